The van der Waals surface area contributed by atoms with Gasteiger partial charge < -0.3 is 10.0 Å². The number of halogens is 1. The van der Waals surface area contributed by atoms with Crippen LogP contribution in [-0.4, -0.2) is 23.6 Å². The van der Waals surface area contributed by atoms with Crippen molar-refractivity contribution >= 4 is 17.0 Å². The number of aromatic hydroxyl groups is 1. The minimum atomic E-state index is -0.412. The molecule has 2 atom stereocenters. The number of benzene rings is 1. The lowest BCUT2D eigenvalue weighted by atomic mass is 9.62. The molecule has 2 nitrogen and oxygen atoms in total. The van der Waals surface area contributed by atoms with Gasteiger partial charge in [-0.2, -0.15) is 0 Å². The number of rotatable bonds is 3. The Morgan fingerprint density at radius 1 is 1.33 bits per heavy atom. The fraction of sp³-hybridized carbons (Fsp3) is 0.238. The average molecular weight is 386 g/mol. The van der Waals surface area contributed by atoms with E-state index in [-0.39, 0.29) is 22.9 Å². The van der Waals surface area contributed by atoms with E-state index in [0.717, 1.165) is 17.7 Å². The molecule has 1 N–H and O–H groups in total. The summed E-state index contributed by atoms with van der Waals surface area (Å²) in [5.41, 5.74) is 2.86. The summed E-state index contributed by atoms with van der Waals surface area (Å²) in [5.74, 6) is 0.426. The van der Waals surface area contributed by atoms with Crippen molar-refractivity contribution < 1.29 is 5.11 Å². The van der Waals surface area contributed by atoms with E-state index in [0.29, 0.717) is 5.75 Å². The highest BCUT2D eigenvalue weighted by atomic mass is 79.9. The van der Waals surface area contributed by atoms with Crippen LogP contribution in [0.25, 0.3) is 0 Å². The predicted molar refractivity (Wildman–Crippen MR) is 107 cm³/mol. The summed E-state index contributed by atoms with van der Waals surface area (Å²) in [6, 6.07) is 5.82. The number of likely N-dealkylation sites (N-methyl/N-ethyl adjacent to an activating group) is 1. The van der Waals surface area contributed by atoms with Crippen LogP contribution >= 0.6 is 17.0 Å². The summed E-state index contributed by atoms with van der Waals surface area (Å²) in [6.07, 6.45) is 16.9. The van der Waals surface area contributed by atoms with E-state index in [2.05, 4.69) is 74.2 Å². The third kappa shape index (κ3) is 3.01. The Morgan fingerprint density at radius 2 is 2.12 bits per heavy atom. The van der Waals surface area contributed by atoms with Gasteiger partial charge in [0.2, 0.25) is 0 Å². The van der Waals surface area contributed by atoms with Crippen LogP contribution in [0, 0.1) is 12.8 Å². The molecule has 1 heterocycles. The van der Waals surface area contributed by atoms with Crippen LogP contribution in [0.5, 0.6) is 5.75 Å². The van der Waals surface area contributed by atoms with Gasteiger partial charge in [0.15, 0.2) is 0 Å². The molecule has 0 aromatic heterocycles. The summed E-state index contributed by atoms with van der Waals surface area (Å²) in [4.78, 5) is 2.14. The van der Waals surface area contributed by atoms with Crippen LogP contribution in [0.3, 0.4) is 0 Å². The lowest BCUT2D eigenvalue weighted by molar-refractivity contribution is 0.434. The standard InChI is InChI=1S/C21H23NO.BrH/c1-4-17-7-5-6-12-21(17,18-10-13-22(3)14-11-18)19-15-16(2)8-9-20(19)23;/h4-13,15,17,23H,1,14H2,2-3H3;1H. The van der Waals surface area contributed by atoms with Gasteiger partial charge in [0.1, 0.15) is 5.75 Å². The van der Waals surface area contributed by atoms with Crippen molar-refractivity contribution in [2.45, 2.75) is 12.3 Å². The molecule has 0 bridgehead atoms. The fourth-order valence-corrected chi connectivity index (χ4v) is 3.50. The van der Waals surface area contributed by atoms with E-state index < -0.39 is 5.41 Å². The van der Waals surface area contributed by atoms with Gasteiger partial charge in [-0.3, -0.25) is 0 Å². The van der Waals surface area contributed by atoms with Crippen LogP contribution in [0.1, 0.15) is 11.1 Å². The van der Waals surface area contributed by atoms with E-state index in [1.54, 1.807) is 6.07 Å². The molecule has 3 rings (SSSR count). The first kappa shape index (κ1) is 18.3. The van der Waals surface area contributed by atoms with Crippen molar-refractivity contribution in [2.24, 2.45) is 5.92 Å². The summed E-state index contributed by atoms with van der Waals surface area (Å²) in [6.45, 7) is 6.96. The van der Waals surface area contributed by atoms with Crippen LogP contribution in [0.2, 0.25) is 0 Å². The summed E-state index contributed by atoms with van der Waals surface area (Å²) < 4.78 is 0. The zero-order chi connectivity index (χ0) is 16.4. The highest BCUT2D eigenvalue weighted by molar-refractivity contribution is 8.93. The Kier molecular flexibility index (Phi) is 5.55. The third-order valence-corrected chi connectivity index (χ3v) is 4.75. The fourth-order valence-electron chi connectivity index (χ4n) is 3.50. The van der Waals surface area contributed by atoms with Crippen molar-refractivity contribution in [3.63, 3.8) is 0 Å². The SMILES string of the molecule is Br.C=CC1C=CC=CC1(C1=CCN(C)C=C1)c1cc(C)ccc1O. The van der Waals surface area contributed by atoms with Gasteiger partial charge in [0.25, 0.3) is 0 Å². The Balaban J connectivity index is 0.00000208. The molecule has 0 spiro atoms. The van der Waals surface area contributed by atoms with Crippen molar-refractivity contribution in [2.75, 3.05) is 13.6 Å². The second kappa shape index (κ2) is 7.27. The van der Waals surface area contributed by atoms with Crippen molar-refractivity contribution in [1.29, 1.82) is 0 Å². The van der Waals surface area contributed by atoms with Gasteiger partial charge in [-0.05, 0) is 30.8 Å². The topological polar surface area (TPSA) is 23.5 Å². The second-order valence-corrected chi connectivity index (χ2v) is 6.31. The first-order valence-electron chi connectivity index (χ1n) is 7.95. The lowest BCUT2D eigenvalue weighted by Gasteiger charge is -2.41. The van der Waals surface area contributed by atoms with Crippen LogP contribution in [-0.2, 0) is 5.41 Å². The molecule has 24 heavy (non-hydrogen) atoms. The maximum atomic E-state index is 10.6. The third-order valence-electron chi connectivity index (χ3n) is 4.75. The van der Waals surface area contributed by atoms with Crippen molar-refractivity contribution in [3.05, 3.63) is 90.2 Å². The molecule has 0 radical (unpaired) electrons. The average Bonchev–Trinajstić information content (AvgIpc) is 2.57. The van der Waals surface area contributed by atoms with Crippen LogP contribution in [0.15, 0.2) is 79.1 Å². The molecule has 1 aliphatic carbocycles. The van der Waals surface area contributed by atoms with E-state index in [1.165, 1.54) is 5.57 Å². The largest absolute Gasteiger partial charge is 0.508 e. The number of hydrogen-bond donors (Lipinski definition) is 1. The number of phenolic OH excluding ortho intramolecular Hbond substituents is 1. The molecule has 1 aliphatic heterocycles. The maximum Gasteiger partial charge on any atom is 0.120 e. The van der Waals surface area contributed by atoms with Gasteiger partial charge in [0.05, 0.1) is 5.41 Å². The van der Waals surface area contributed by atoms with E-state index in [1.807, 2.05) is 12.1 Å². The Hall–Kier alpha value is -2.00. The number of aryl methyl sites for hydroxylation is 1. The monoisotopic (exact) mass is 385 g/mol. The Bertz CT molecular complexity index is 744. The van der Waals surface area contributed by atoms with Crippen LogP contribution in [0.4, 0.5) is 0 Å². The predicted octanol–water partition coefficient (Wildman–Crippen LogP) is 4.83. The molecule has 1 aromatic rings. The maximum absolute atomic E-state index is 10.6. The Morgan fingerprint density at radius 3 is 2.79 bits per heavy atom. The minimum Gasteiger partial charge on any atom is -0.508 e. The molecule has 1 aromatic carbocycles. The number of phenols is 1. The lowest BCUT2D eigenvalue weighted by Crippen LogP contribution is -2.36. The van der Waals surface area contributed by atoms with Crippen molar-refractivity contribution in [1.82, 2.24) is 4.90 Å². The van der Waals surface area contributed by atoms with Gasteiger partial charge in [0, 0.05) is 25.1 Å². The molecular formula is C21H24BrNO. The van der Waals surface area contributed by atoms with Gasteiger partial charge in [-0.25, -0.2) is 0 Å². The number of allylic oxidation sites excluding steroid dienone is 7. The minimum absolute atomic E-state index is 0. The van der Waals surface area contributed by atoms with Crippen molar-refractivity contribution in [3.8, 4) is 5.75 Å². The van der Waals surface area contributed by atoms with E-state index in [4.69, 9.17) is 0 Å². The van der Waals surface area contributed by atoms with Crippen LogP contribution < -0.4 is 0 Å². The van der Waals surface area contributed by atoms with Gasteiger partial charge in [-0.15, -0.1) is 23.6 Å². The highest BCUT2D eigenvalue weighted by Crippen LogP contribution is 2.48. The van der Waals surface area contributed by atoms with Gasteiger partial charge >= 0.3 is 0 Å². The number of nitrogens with zero attached hydrogens (tertiary/aromatic N) is 1. The smallest absolute Gasteiger partial charge is 0.120 e. The quantitative estimate of drug-likeness (QED) is 0.753. The molecule has 126 valence electrons. The molecule has 0 saturated heterocycles. The molecule has 3 heteroatoms. The number of hydrogen-bond acceptors (Lipinski definition) is 2. The molecule has 0 amide bonds. The molecule has 0 saturated carbocycles. The first-order valence-corrected chi connectivity index (χ1v) is 7.95. The second-order valence-electron chi connectivity index (χ2n) is 6.31. The zero-order valence-corrected chi connectivity index (χ0v) is 15.9. The van der Waals surface area contributed by atoms with E-state index in [9.17, 15) is 5.11 Å². The normalized spacial score (nSPS) is 25.2. The summed E-state index contributed by atoms with van der Waals surface area (Å²) in [5, 5.41) is 10.6. The highest BCUT2D eigenvalue weighted by Gasteiger charge is 2.41. The van der Waals surface area contributed by atoms with E-state index >= 15 is 0 Å². The van der Waals surface area contributed by atoms with Gasteiger partial charge in [-0.1, -0.05) is 54.2 Å². The Labute approximate surface area is 155 Å². The summed E-state index contributed by atoms with van der Waals surface area (Å²) >= 11 is 0. The molecule has 2 unspecified atom stereocenters. The first-order chi connectivity index (χ1) is 11.1. The molecule has 2 aliphatic rings. The zero-order valence-electron chi connectivity index (χ0n) is 14.1. The molecule has 0 fully saturated rings. The molecular weight excluding hydrogens is 362 g/mol. The summed E-state index contributed by atoms with van der Waals surface area (Å²) in [7, 11) is 2.06.